The molecule has 2 N–H and O–H groups in total. The van der Waals surface area contributed by atoms with Gasteiger partial charge < -0.3 is 10.6 Å². The third kappa shape index (κ3) is 2.73. The summed E-state index contributed by atoms with van der Waals surface area (Å²) in [7, 11) is 0. The molecule has 1 fully saturated rings. The normalized spacial score (nSPS) is 28.3. The number of rotatable bonds is 2. The van der Waals surface area contributed by atoms with Crippen molar-refractivity contribution in [1.82, 2.24) is 4.90 Å². The Balaban J connectivity index is 2.67. The molecule has 0 radical (unpaired) electrons. The van der Waals surface area contributed by atoms with Crippen LogP contribution in [0.4, 0.5) is 0 Å². The van der Waals surface area contributed by atoms with Crippen LogP contribution in [-0.2, 0) is 4.79 Å². The number of amides is 1. The molecule has 1 aliphatic heterocycles. The van der Waals surface area contributed by atoms with Crippen molar-refractivity contribution in [3.63, 3.8) is 0 Å². The van der Waals surface area contributed by atoms with Crippen molar-refractivity contribution in [2.45, 2.75) is 57.7 Å². The summed E-state index contributed by atoms with van der Waals surface area (Å²) in [5, 5.41) is 0. The number of nitrogens with zero attached hydrogens (tertiary/aromatic N) is 1. The van der Waals surface area contributed by atoms with Crippen molar-refractivity contribution in [2.75, 3.05) is 0 Å². The molecule has 15 heavy (non-hydrogen) atoms. The molecule has 1 aliphatic rings. The SMILES string of the molecule is C#CCC(N)C(=O)N1C(C)CCCC1C. The molecule has 1 rings (SSSR count). The van der Waals surface area contributed by atoms with Crippen LogP contribution in [0.3, 0.4) is 0 Å². The van der Waals surface area contributed by atoms with E-state index in [9.17, 15) is 4.79 Å². The fourth-order valence-corrected chi connectivity index (χ4v) is 2.26. The highest BCUT2D eigenvalue weighted by Gasteiger charge is 2.31. The highest BCUT2D eigenvalue weighted by molar-refractivity contribution is 5.82. The number of piperidine rings is 1. The van der Waals surface area contributed by atoms with Gasteiger partial charge in [-0.05, 0) is 33.1 Å². The van der Waals surface area contributed by atoms with E-state index in [1.807, 2.05) is 4.90 Å². The van der Waals surface area contributed by atoms with Crippen molar-refractivity contribution in [3.8, 4) is 12.3 Å². The van der Waals surface area contributed by atoms with Gasteiger partial charge in [0.15, 0.2) is 0 Å². The fourth-order valence-electron chi connectivity index (χ4n) is 2.26. The van der Waals surface area contributed by atoms with E-state index >= 15 is 0 Å². The molecule has 0 aliphatic carbocycles. The van der Waals surface area contributed by atoms with Crippen molar-refractivity contribution in [1.29, 1.82) is 0 Å². The molecule has 84 valence electrons. The highest BCUT2D eigenvalue weighted by Crippen LogP contribution is 2.23. The molecule has 0 aromatic carbocycles. The van der Waals surface area contributed by atoms with Gasteiger partial charge >= 0.3 is 0 Å². The molecule has 3 heteroatoms. The van der Waals surface area contributed by atoms with Gasteiger partial charge in [-0.3, -0.25) is 4.79 Å². The molecule has 1 amide bonds. The number of carbonyl (C=O) groups excluding carboxylic acids is 1. The maximum absolute atomic E-state index is 12.0. The molecular weight excluding hydrogens is 188 g/mol. The van der Waals surface area contributed by atoms with E-state index in [-0.39, 0.29) is 5.91 Å². The minimum Gasteiger partial charge on any atom is -0.336 e. The zero-order valence-electron chi connectivity index (χ0n) is 9.57. The lowest BCUT2D eigenvalue weighted by molar-refractivity contribution is -0.138. The first-order valence-corrected chi connectivity index (χ1v) is 5.59. The van der Waals surface area contributed by atoms with E-state index in [0.717, 1.165) is 12.8 Å². The number of terminal acetylenes is 1. The highest BCUT2D eigenvalue weighted by atomic mass is 16.2. The predicted molar refractivity (Wildman–Crippen MR) is 61.0 cm³/mol. The Labute approximate surface area is 92.0 Å². The topological polar surface area (TPSA) is 46.3 Å². The zero-order chi connectivity index (χ0) is 11.4. The number of hydrogen-bond acceptors (Lipinski definition) is 2. The van der Waals surface area contributed by atoms with E-state index in [4.69, 9.17) is 12.2 Å². The molecule has 3 unspecified atom stereocenters. The molecule has 3 nitrogen and oxygen atoms in total. The zero-order valence-corrected chi connectivity index (χ0v) is 9.57. The summed E-state index contributed by atoms with van der Waals surface area (Å²) in [5.41, 5.74) is 5.75. The lowest BCUT2D eigenvalue weighted by Crippen LogP contribution is -2.53. The summed E-state index contributed by atoms with van der Waals surface area (Å²) in [4.78, 5) is 13.9. The lowest BCUT2D eigenvalue weighted by atomic mass is 9.96. The van der Waals surface area contributed by atoms with Crippen LogP contribution in [0.5, 0.6) is 0 Å². The summed E-state index contributed by atoms with van der Waals surface area (Å²) in [6.45, 7) is 4.16. The number of hydrogen-bond donors (Lipinski definition) is 1. The Morgan fingerprint density at radius 1 is 1.53 bits per heavy atom. The monoisotopic (exact) mass is 208 g/mol. The van der Waals surface area contributed by atoms with E-state index in [2.05, 4.69) is 19.8 Å². The van der Waals surface area contributed by atoms with Gasteiger partial charge in [0.2, 0.25) is 5.91 Å². The van der Waals surface area contributed by atoms with Crippen LogP contribution in [-0.4, -0.2) is 28.9 Å². The molecule has 0 spiro atoms. The van der Waals surface area contributed by atoms with E-state index < -0.39 is 6.04 Å². The average Bonchev–Trinajstić information content (AvgIpc) is 2.17. The maximum atomic E-state index is 12.0. The van der Waals surface area contributed by atoms with E-state index in [1.165, 1.54) is 6.42 Å². The van der Waals surface area contributed by atoms with E-state index in [1.54, 1.807) is 0 Å². The van der Waals surface area contributed by atoms with Gasteiger partial charge in [-0.25, -0.2) is 0 Å². The molecule has 0 saturated carbocycles. The van der Waals surface area contributed by atoms with Crippen LogP contribution in [0, 0.1) is 12.3 Å². The summed E-state index contributed by atoms with van der Waals surface area (Å²) >= 11 is 0. The van der Waals surface area contributed by atoms with Crippen LogP contribution < -0.4 is 5.73 Å². The first kappa shape index (κ1) is 12.1. The first-order valence-electron chi connectivity index (χ1n) is 5.59. The van der Waals surface area contributed by atoms with Crippen LogP contribution in [0.2, 0.25) is 0 Å². The summed E-state index contributed by atoms with van der Waals surface area (Å²) in [6.07, 6.45) is 8.82. The largest absolute Gasteiger partial charge is 0.336 e. The minimum atomic E-state index is -0.530. The average molecular weight is 208 g/mol. The van der Waals surface area contributed by atoms with Gasteiger partial charge in [-0.15, -0.1) is 12.3 Å². The molecule has 3 atom stereocenters. The van der Waals surface area contributed by atoms with Crippen molar-refractivity contribution < 1.29 is 4.79 Å². The molecule has 0 aromatic heterocycles. The first-order chi connectivity index (χ1) is 7.07. The second-order valence-electron chi connectivity index (χ2n) is 4.39. The molecular formula is C12H20N2O. The van der Waals surface area contributed by atoms with Crippen LogP contribution in [0.15, 0.2) is 0 Å². The fraction of sp³-hybridized carbons (Fsp3) is 0.750. The Kier molecular flexibility index (Phi) is 4.16. The molecule has 1 heterocycles. The summed E-state index contributed by atoms with van der Waals surface area (Å²) < 4.78 is 0. The third-order valence-electron chi connectivity index (χ3n) is 3.10. The number of likely N-dealkylation sites (tertiary alicyclic amines) is 1. The molecule has 1 saturated heterocycles. The van der Waals surface area contributed by atoms with Crippen LogP contribution in [0.1, 0.15) is 39.5 Å². The van der Waals surface area contributed by atoms with E-state index in [0.29, 0.717) is 18.5 Å². The van der Waals surface area contributed by atoms with Gasteiger partial charge in [0, 0.05) is 18.5 Å². The Morgan fingerprint density at radius 2 is 2.07 bits per heavy atom. The van der Waals surface area contributed by atoms with Crippen LogP contribution in [0.25, 0.3) is 0 Å². The smallest absolute Gasteiger partial charge is 0.240 e. The second-order valence-corrected chi connectivity index (χ2v) is 4.39. The van der Waals surface area contributed by atoms with Crippen molar-refractivity contribution >= 4 is 5.91 Å². The third-order valence-corrected chi connectivity index (χ3v) is 3.10. The molecule has 0 bridgehead atoms. The maximum Gasteiger partial charge on any atom is 0.240 e. The number of nitrogens with two attached hydrogens (primary N) is 1. The van der Waals surface area contributed by atoms with Gasteiger partial charge in [-0.1, -0.05) is 0 Å². The van der Waals surface area contributed by atoms with Gasteiger partial charge in [0.05, 0.1) is 6.04 Å². The lowest BCUT2D eigenvalue weighted by Gasteiger charge is -2.40. The standard InChI is InChI=1S/C12H20N2O/c1-4-6-11(13)12(15)14-9(2)7-5-8-10(14)3/h1,9-11H,5-8,13H2,2-3H3. The van der Waals surface area contributed by atoms with Crippen LogP contribution >= 0.6 is 0 Å². The molecule has 0 aromatic rings. The Hall–Kier alpha value is -1.01. The quantitative estimate of drug-likeness (QED) is 0.691. The van der Waals surface area contributed by atoms with Crippen molar-refractivity contribution in [2.24, 2.45) is 5.73 Å². The van der Waals surface area contributed by atoms with Crippen molar-refractivity contribution in [3.05, 3.63) is 0 Å². The summed E-state index contributed by atoms with van der Waals surface area (Å²) in [6, 6.07) is 0.0631. The second kappa shape index (κ2) is 5.18. The predicted octanol–water partition coefficient (Wildman–Crippen LogP) is 1.13. The summed E-state index contributed by atoms with van der Waals surface area (Å²) in [5.74, 6) is 2.45. The minimum absolute atomic E-state index is 0.00708. The number of carbonyl (C=O) groups is 1. The van der Waals surface area contributed by atoms with Gasteiger partial charge in [-0.2, -0.15) is 0 Å². The van der Waals surface area contributed by atoms with Gasteiger partial charge in [0.25, 0.3) is 0 Å². The Morgan fingerprint density at radius 3 is 2.53 bits per heavy atom. The van der Waals surface area contributed by atoms with Gasteiger partial charge in [0.1, 0.15) is 0 Å². The Bertz CT molecular complexity index is 259.